The molecule has 3 nitrogen and oxygen atoms in total. The van der Waals surface area contributed by atoms with Gasteiger partial charge >= 0.3 is 0 Å². The number of rotatable bonds is 6. The molecule has 0 saturated heterocycles. The second-order valence-corrected chi connectivity index (χ2v) is 5.81. The van der Waals surface area contributed by atoms with Gasteiger partial charge in [0.05, 0.1) is 0 Å². The van der Waals surface area contributed by atoms with Crippen LogP contribution >= 0.6 is 0 Å². The lowest BCUT2D eigenvalue weighted by molar-refractivity contribution is 0.0858. The average molecular weight is 262 g/mol. The molecule has 0 radical (unpaired) electrons. The topological polar surface area (TPSA) is 34.9 Å². The van der Waals surface area contributed by atoms with Gasteiger partial charge in [-0.15, -0.1) is 0 Å². The smallest absolute Gasteiger partial charge is 0.183 e. The van der Waals surface area contributed by atoms with Crippen molar-refractivity contribution in [3.8, 4) is 0 Å². The molecule has 1 aromatic heterocycles. The fourth-order valence-electron chi connectivity index (χ4n) is 3.26. The van der Waals surface area contributed by atoms with Gasteiger partial charge in [0.25, 0.3) is 0 Å². The molecule has 106 valence electrons. The molecule has 0 aliphatic heterocycles. The summed E-state index contributed by atoms with van der Waals surface area (Å²) in [6.45, 7) is 5.21. The van der Waals surface area contributed by atoms with Gasteiger partial charge in [0.2, 0.25) is 0 Å². The van der Waals surface area contributed by atoms with Gasteiger partial charge in [-0.25, -0.2) is 0 Å². The van der Waals surface area contributed by atoms with Gasteiger partial charge in [-0.3, -0.25) is 9.48 Å². The normalized spacial score (nSPS) is 23.5. The van der Waals surface area contributed by atoms with E-state index < -0.39 is 0 Å². The number of nitrogens with zero attached hydrogens (tertiary/aromatic N) is 2. The summed E-state index contributed by atoms with van der Waals surface area (Å²) in [6.07, 6.45) is 9.97. The minimum Gasteiger partial charge on any atom is -0.292 e. The van der Waals surface area contributed by atoms with Crippen LogP contribution in [-0.4, -0.2) is 15.6 Å². The van der Waals surface area contributed by atoms with Crippen LogP contribution in [0, 0.1) is 11.8 Å². The third-order valence-corrected chi connectivity index (χ3v) is 4.32. The lowest BCUT2D eigenvalue weighted by Crippen LogP contribution is -2.24. The molecule has 0 bridgehead atoms. The van der Waals surface area contributed by atoms with Crippen LogP contribution in [0.4, 0.5) is 0 Å². The Morgan fingerprint density at radius 2 is 2.00 bits per heavy atom. The van der Waals surface area contributed by atoms with E-state index in [1.165, 1.54) is 25.7 Å². The van der Waals surface area contributed by atoms with Crippen LogP contribution < -0.4 is 0 Å². The third-order valence-electron chi connectivity index (χ3n) is 4.32. The number of aromatic nitrogens is 2. The van der Waals surface area contributed by atoms with Crippen molar-refractivity contribution in [2.75, 3.05) is 0 Å². The molecule has 19 heavy (non-hydrogen) atoms. The Bertz CT molecular complexity index is 403. The van der Waals surface area contributed by atoms with Crippen LogP contribution in [0.25, 0.3) is 0 Å². The van der Waals surface area contributed by atoms with Crippen LogP contribution in [-0.2, 0) is 6.54 Å². The van der Waals surface area contributed by atoms with Crippen molar-refractivity contribution in [1.29, 1.82) is 0 Å². The molecule has 1 saturated carbocycles. The van der Waals surface area contributed by atoms with Crippen LogP contribution in [0.2, 0.25) is 0 Å². The van der Waals surface area contributed by atoms with Gasteiger partial charge in [-0.05, 0) is 44.1 Å². The van der Waals surface area contributed by atoms with E-state index in [4.69, 9.17) is 0 Å². The first-order chi connectivity index (χ1) is 9.26. The van der Waals surface area contributed by atoms with Crippen molar-refractivity contribution in [2.24, 2.45) is 11.8 Å². The summed E-state index contributed by atoms with van der Waals surface area (Å²) in [5.74, 6) is 1.41. The van der Waals surface area contributed by atoms with Crippen LogP contribution in [0.15, 0.2) is 12.3 Å². The molecular formula is C16H26N2O. The number of ketones is 1. The van der Waals surface area contributed by atoms with Crippen molar-refractivity contribution in [3.05, 3.63) is 18.0 Å². The Labute approximate surface area is 116 Å². The molecule has 1 aliphatic carbocycles. The first-order valence-electron chi connectivity index (χ1n) is 7.82. The predicted molar refractivity (Wildman–Crippen MR) is 77.2 cm³/mol. The maximum Gasteiger partial charge on any atom is 0.183 e. The zero-order chi connectivity index (χ0) is 13.7. The number of hydrogen-bond acceptors (Lipinski definition) is 2. The average Bonchev–Trinajstić information content (AvgIpc) is 2.88. The van der Waals surface area contributed by atoms with E-state index in [-0.39, 0.29) is 5.92 Å². The fraction of sp³-hybridized carbons (Fsp3) is 0.750. The Balaban J connectivity index is 1.95. The first-order valence-corrected chi connectivity index (χ1v) is 7.82. The van der Waals surface area contributed by atoms with E-state index in [0.717, 1.165) is 37.4 Å². The highest BCUT2D eigenvalue weighted by Crippen LogP contribution is 2.33. The quantitative estimate of drug-likeness (QED) is 0.724. The highest BCUT2D eigenvalue weighted by Gasteiger charge is 2.28. The Kier molecular flexibility index (Phi) is 5.17. The summed E-state index contributed by atoms with van der Waals surface area (Å²) in [7, 11) is 0. The summed E-state index contributed by atoms with van der Waals surface area (Å²) < 4.78 is 1.88. The van der Waals surface area contributed by atoms with Gasteiger partial charge in [-0.2, -0.15) is 5.10 Å². The van der Waals surface area contributed by atoms with Crippen LogP contribution in [0.5, 0.6) is 0 Å². The zero-order valence-electron chi connectivity index (χ0n) is 12.3. The Morgan fingerprint density at radius 1 is 1.26 bits per heavy atom. The van der Waals surface area contributed by atoms with Crippen LogP contribution in [0.1, 0.15) is 69.3 Å². The van der Waals surface area contributed by atoms with E-state index in [1.54, 1.807) is 6.20 Å². The monoisotopic (exact) mass is 262 g/mol. The highest BCUT2D eigenvalue weighted by atomic mass is 16.1. The molecule has 0 unspecified atom stereocenters. The molecule has 1 fully saturated rings. The summed E-state index contributed by atoms with van der Waals surface area (Å²) >= 11 is 0. The number of carbonyl (C=O) groups excluding carboxylic acids is 1. The summed E-state index contributed by atoms with van der Waals surface area (Å²) in [5.41, 5.74) is 0.820. The minimum atomic E-state index is 0.236. The summed E-state index contributed by atoms with van der Waals surface area (Å²) in [5, 5.41) is 4.26. The van der Waals surface area contributed by atoms with E-state index in [2.05, 4.69) is 18.9 Å². The summed E-state index contributed by atoms with van der Waals surface area (Å²) in [4.78, 5) is 12.6. The first kappa shape index (κ1) is 14.3. The molecule has 0 amide bonds. The zero-order valence-corrected chi connectivity index (χ0v) is 12.3. The second-order valence-electron chi connectivity index (χ2n) is 5.81. The largest absolute Gasteiger partial charge is 0.292 e. The second kappa shape index (κ2) is 6.88. The molecule has 1 heterocycles. The lowest BCUT2D eigenvalue weighted by Gasteiger charge is -2.27. The Hall–Kier alpha value is -1.12. The maximum atomic E-state index is 12.6. The molecule has 0 atom stereocenters. The van der Waals surface area contributed by atoms with Crippen LogP contribution in [0.3, 0.4) is 0 Å². The highest BCUT2D eigenvalue weighted by molar-refractivity contribution is 5.96. The fourth-order valence-corrected chi connectivity index (χ4v) is 3.26. The molecule has 0 aromatic carbocycles. The maximum absolute atomic E-state index is 12.6. The minimum absolute atomic E-state index is 0.236. The van der Waals surface area contributed by atoms with Gasteiger partial charge in [0.15, 0.2) is 5.78 Å². The van der Waals surface area contributed by atoms with E-state index in [9.17, 15) is 4.79 Å². The van der Waals surface area contributed by atoms with Gasteiger partial charge in [0, 0.05) is 18.7 Å². The third kappa shape index (κ3) is 3.46. The lowest BCUT2D eigenvalue weighted by atomic mass is 9.78. The number of Topliss-reactive ketones (excluding diaryl/α,β-unsaturated/α-hetero) is 1. The van der Waals surface area contributed by atoms with E-state index in [1.807, 2.05) is 10.7 Å². The van der Waals surface area contributed by atoms with Gasteiger partial charge in [0.1, 0.15) is 5.69 Å². The molecule has 3 heteroatoms. The standard InChI is InChI=1S/C16H26N2O/c1-3-5-13-6-8-14(9-7-13)16(19)15-10-11-17-18(15)12-4-2/h10-11,13-14H,3-9,12H2,1-2H3. The predicted octanol–water partition coefficient (Wildman–Crippen LogP) is 4.08. The molecule has 0 spiro atoms. The molecular weight excluding hydrogens is 236 g/mol. The van der Waals surface area contributed by atoms with E-state index >= 15 is 0 Å². The number of carbonyl (C=O) groups is 1. The van der Waals surface area contributed by atoms with Crippen molar-refractivity contribution in [2.45, 2.75) is 65.3 Å². The van der Waals surface area contributed by atoms with Crippen molar-refractivity contribution >= 4 is 5.78 Å². The molecule has 0 N–H and O–H groups in total. The van der Waals surface area contributed by atoms with Gasteiger partial charge < -0.3 is 0 Å². The molecule has 2 rings (SSSR count). The van der Waals surface area contributed by atoms with Crippen molar-refractivity contribution in [3.63, 3.8) is 0 Å². The number of hydrogen-bond donors (Lipinski definition) is 0. The van der Waals surface area contributed by atoms with E-state index in [0.29, 0.717) is 5.78 Å². The summed E-state index contributed by atoms with van der Waals surface area (Å²) in [6, 6.07) is 1.89. The number of aryl methyl sites for hydroxylation is 1. The van der Waals surface area contributed by atoms with Crippen molar-refractivity contribution in [1.82, 2.24) is 9.78 Å². The van der Waals surface area contributed by atoms with Crippen molar-refractivity contribution < 1.29 is 4.79 Å². The van der Waals surface area contributed by atoms with Gasteiger partial charge in [-0.1, -0.05) is 26.7 Å². The SMILES string of the molecule is CCCC1CCC(C(=O)c2ccnn2CCC)CC1. The Morgan fingerprint density at radius 3 is 2.63 bits per heavy atom. The molecule has 1 aliphatic rings. The molecule has 1 aromatic rings.